The summed E-state index contributed by atoms with van der Waals surface area (Å²) in [6.45, 7) is 5.84. The molecule has 0 saturated heterocycles. The van der Waals surface area contributed by atoms with Gasteiger partial charge in [0.15, 0.2) is 0 Å². The SMILES string of the molecule is C[C@@H]1CN=C(Cc2ccc(NC(=O)c3ccc(C(=O)Nc4ccc(CC5=NC[C@@H](C)N5)cc4)cc3)cc2)N1. The molecule has 0 fully saturated rings. The number of nitrogens with one attached hydrogen (secondary N) is 4. The van der Waals surface area contributed by atoms with E-state index >= 15 is 0 Å². The van der Waals surface area contributed by atoms with Crippen molar-refractivity contribution >= 4 is 34.9 Å². The lowest BCUT2D eigenvalue weighted by molar-refractivity contribution is 0.101. The van der Waals surface area contributed by atoms with Crippen molar-refractivity contribution in [2.45, 2.75) is 38.8 Å². The molecule has 0 unspecified atom stereocenters. The molecule has 3 aromatic carbocycles. The molecule has 0 aromatic heterocycles. The van der Waals surface area contributed by atoms with Gasteiger partial charge in [-0.2, -0.15) is 0 Å². The molecule has 2 amide bonds. The van der Waals surface area contributed by atoms with Crippen molar-refractivity contribution in [2.75, 3.05) is 23.7 Å². The number of hydrogen-bond donors (Lipinski definition) is 4. The maximum absolute atomic E-state index is 12.7. The molecule has 0 spiro atoms. The minimum atomic E-state index is -0.230. The second-order valence-corrected chi connectivity index (χ2v) is 9.90. The fraction of sp³-hybridized carbons (Fsp3) is 0.267. The number of carbonyl (C=O) groups excluding carboxylic acids is 2. The molecule has 2 atom stereocenters. The fourth-order valence-corrected chi connectivity index (χ4v) is 4.44. The molecular formula is C30H32N6O2. The highest BCUT2D eigenvalue weighted by Crippen LogP contribution is 2.16. The van der Waals surface area contributed by atoms with Crippen LogP contribution in [0.5, 0.6) is 0 Å². The third-order valence-electron chi connectivity index (χ3n) is 6.51. The monoisotopic (exact) mass is 508 g/mol. The number of anilines is 2. The van der Waals surface area contributed by atoms with E-state index in [2.05, 4.69) is 45.1 Å². The minimum absolute atomic E-state index is 0.230. The van der Waals surface area contributed by atoms with Crippen molar-refractivity contribution in [1.29, 1.82) is 0 Å². The largest absolute Gasteiger partial charge is 0.369 e. The third kappa shape index (κ3) is 6.45. The summed E-state index contributed by atoms with van der Waals surface area (Å²) in [6.07, 6.45) is 1.50. The normalized spacial score (nSPS) is 18.2. The van der Waals surface area contributed by atoms with Crippen LogP contribution in [0.3, 0.4) is 0 Å². The molecule has 4 N–H and O–H groups in total. The molecule has 5 rings (SSSR count). The number of amides is 2. The van der Waals surface area contributed by atoms with Gasteiger partial charge in [0.05, 0.1) is 13.1 Å². The van der Waals surface area contributed by atoms with Gasteiger partial charge in [0.25, 0.3) is 11.8 Å². The second kappa shape index (κ2) is 11.3. The van der Waals surface area contributed by atoms with Crippen molar-refractivity contribution < 1.29 is 9.59 Å². The maximum atomic E-state index is 12.7. The number of rotatable bonds is 8. The fourth-order valence-electron chi connectivity index (χ4n) is 4.44. The second-order valence-electron chi connectivity index (χ2n) is 9.90. The minimum Gasteiger partial charge on any atom is -0.369 e. The lowest BCUT2D eigenvalue weighted by atomic mass is 10.1. The topological polar surface area (TPSA) is 107 Å². The van der Waals surface area contributed by atoms with Crippen LogP contribution in [0, 0.1) is 0 Å². The highest BCUT2D eigenvalue weighted by Gasteiger charge is 2.14. The van der Waals surface area contributed by atoms with E-state index in [4.69, 9.17) is 0 Å². The zero-order valence-electron chi connectivity index (χ0n) is 21.6. The van der Waals surface area contributed by atoms with E-state index in [9.17, 15) is 9.59 Å². The Balaban J connectivity index is 1.12. The molecule has 8 nitrogen and oxygen atoms in total. The van der Waals surface area contributed by atoms with Crippen molar-refractivity contribution in [3.8, 4) is 0 Å². The van der Waals surface area contributed by atoms with E-state index in [1.54, 1.807) is 24.3 Å². The van der Waals surface area contributed by atoms with Gasteiger partial charge in [-0.3, -0.25) is 19.6 Å². The van der Waals surface area contributed by atoms with Crippen molar-refractivity contribution in [1.82, 2.24) is 10.6 Å². The number of amidine groups is 2. The average molecular weight is 509 g/mol. The molecule has 0 aliphatic carbocycles. The third-order valence-corrected chi connectivity index (χ3v) is 6.51. The lowest BCUT2D eigenvalue weighted by Crippen LogP contribution is -2.28. The highest BCUT2D eigenvalue weighted by atomic mass is 16.2. The van der Waals surface area contributed by atoms with Gasteiger partial charge in [-0.15, -0.1) is 0 Å². The van der Waals surface area contributed by atoms with Crippen LogP contribution in [0.2, 0.25) is 0 Å². The maximum Gasteiger partial charge on any atom is 0.255 e. The van der Waals surface area contributed by atoms with Gasteiger partial charge in [0.1, 0.15) is 11.7 Å². The van der Waals surface area contributed by atoms with E-state index in [0.717, 1.165) is 48.7 Å². The summed E-state index contributed by atoms with van der Waals surface area (Å²) in [5.74, 6) is 1.54. The predicted octanol–water partition coefficient (Wildman–Crippen LogP) is 4.06. The number of carbonyl (C=O) groups is 2. The van der Waals surface area contributed by atoms with Gasteiger partial charge < -0.3 is 21.3 Å². The molecule has 0 saturated carbocycles. The molecule has 2 heterocycles. The first-order valence-corrected chi connectivity index (χ1v) is 12.9. The van der Waals surface area contributed by atoms with Crippen LogP contribution >= 0.6 is 0 Å². The first kappa shape index (κ1) is 25.2. The lowest BCUT2D eigenvalue weighted by Gasteiger charge is -2.10. The number of nitrogens with zero attached hydrogens (tertiary/aromatic N) is 2. The molecule has 8 heteroatoms. The number of aliphatic imine (C=N–C) groups is 2. The molecule has 194 valence electrons. The predicted molar refractivity (Wildman–Crippen MR) is 152 cm³/mol. The Labute approximate surface area is 222 Å². The van der Waals surface area contributed by atoms with Crippen LogP contribution in [-0.2, 0) is 12.8 Å². The van der Waals surface area contributed by atoms with Crippen molar-refractivity contribution in [3.63, 3.8) is 0 Å². The summed E-state index contributed by atoms with van der Waals surface area (Å²) in [5.41, 5.74) is 4.64. The molecule has 2 aliphatic heterocycles. The first-order valence-electron chi connectivity index (χ1n) is 12.9. The zero-order valence-corrected chi connectivity index (χ0v) is 21.6. The van der Waals surface area contributed by atoms with Crippen LogP contribution in [0.15, 0.2) is 82.8 Å². The summed E-state index contributed by atoms with van der Waals surface area (Å²) in [7, 11) is 0. The molecular weight excluding hydrogens is 476 g/mol. The summed E-state index contributed by atoms with van der Waals surface area (Å²) < 4.78 is 0. The molecule has 2 aliphatic rings. The van der Waals surface area contributed by atoms with Crippen molar-refractivity contribution in [2.24, 2.45) is 9.98 Å². The number of hydrogen-bond acceptors (Lipinski definition) is 6. The van der Waals surface area contributed by atoms with Crippen molar-refractivity contribution in [3.05, 3.63) is 95.1 Å². The molecule has 0 bridgehead atoms. The summed E-state index contributed by atoms with van der Waals surface area (Å²) in [4.78, 5) is 34.4. The van der Waals surface area contributed by atoms with Gasteiger partial charge in [0, 0.05) is 47.4 Å². The van der Waals surface area contributed by atoms with E-state index in [-0.39, 0.29) is 11.8 Å². The summed E-state index contributed by atoms with van der Waals surface area (Å²) in [5, 5.41) is 12.5. The molecule has 0 radical (unpaired) electrons. The van der Waals surface area contributed by atoms with Crippen LogP contribution in [0.1, 0.15) is 45.7 Å². The quantitative estimate of drug-likeness (QED) is 0.368. The molecule has 3 aromatic rings. The Hall–Kier alpha value is -4.46. The first-order chi connectivity index (χ1) is 18.4. The Morgan fingerprint density at radius 1 is 0.658 bits per heavy atom. The summed E-state index contributed by atoms with van der Waals surface area (Å²) >= 11 is 0. The Morgan fingerprint density at radius 2 is 1.03 bits per heavy atom. The average Bonchev–Trinajstić information content (AvgIpc) is 3.53. The standard InChI is InChI=1S/C30H32N6O2/c1-19-17-31-27(33-19)15-21-3-11-25(12-4-21)35-29(37)23-7-9-24(10-8-23)30(38)36-26-13-5-22(6-14-26)16-28-32-18-20(2)34-28/h3-14,19-20H,15-18H2,1-2H3,(H,31,33)(H,32,34)(H,35,37)(H,36,38)/t19-,20-/m1/s1. The Morgan fingerprint density at radius 3 is 1.34 bits per heavy atom. The van der Waals surface area contributed by atoms with E-state index in [1.165, 1.54) is 0 Å². The van der Waals surface area contributed by atoms with Gasteiger partial charge in [-0.1, -0.05) is 24.3 Å². The zero-order chi connectivity index (χ0) is 26.5. The number of benzene rings is 3. The van der Waals surface area contributed by atoms with E-state index < -0.39 is 0 Å². The van der Waals surface area contributed by atoms with E-state index in [1.807, 2.05) is 48.5 Å². The molecule has 38 heavy (non-hydrogen) atoms. The highest BCUT2D eigenvalue weighted by molar-refractivity contribution is 6.07. The van der Waals surface area contributed by atoms with Crippen LogP contribution in [0.4, 0.5) is 11.4 Å². The van der Waals surface area contributed by atoms with E-state index in [0.29, 0.717) is 34.6 Å². The smallest absolute Gasteiger partial charge is 0.255 e. The van der Waals surface area contributed by atoms with Crippen LogP contribution < -0.4 is 21.3 Å². The Kier molecular flexibility index (Phi) is 7.49. The summed E-state index contributed by atoms with van der Waals surface area (Å²) in [6, 6.07) is 22.9. The van der Waals surface area contributed by atoms with Gasteiger partial charge in [-0.25, -0.2) is 0 Å². The Bertz CT molecular complexity index is 1250. The van der Waals surface area contributed by atoms with Gasteiger partial charge in [0.2, 0.25) is 0 Å². The van der Waals surface area contributed by atoms with Gasteiger partial charge in [-0.05, 0) is 73.5 Å². The van der Waals surface area contributed by atoms with Crippen LogP contribution in [-0.4, -0.2) is 48.7 Å². The van der Waals surface area contributed by atoms with Crippen LogP contribution in [0.25, 0.3) is 0 Å². The van der Waals surface area contributed by atoms with Gasteiger partial charge >= 0.3 is 0 Å².